The number of carbonyl (C=O) groups is 1. The Morgan fingerprint density at radius 1 is 1.00 bits per heavy atom. The van der Waals surface area contributed by atoms with Crippen molar-refractivity contribution in [3.8, 4) is 0 Å². The molecule has 2 aromatic heterocycles. The van der Waals surface area contributed by atoms with Crippen LogP contribution in [0.4, 0.5) is 11.8 Å². The first-order valence-corrected chi connectivity index (χ1v) is 14.7. The number of ether oxygens (including phenoxy) is 1. The number of aliphatic hydroxyl groups excluding tert-OH is 3. The summed E-state index contributed by atoms with van der Waals surface area (Å²) in [6.07, 6.45) is -2.01. The molecule has 226 valence electrons. The third-order valence-electron chi connectivity index (χ3n) is 8.16. The lowest BCUT2D eigenvalue weighted by atomic mass is 9.91. The van der Waals surface area contributed by atoms with Crippen LogP contribution in [0, 0.1) is 0 Å². The Bertz CT molecular complexity index is 1500. The van der Waals surface area contributed by atoms with Crippen LogP contribution in [-0.4, -0.2) is 84.3 Å². The highest BCUT2D eigenvalue weighted by Gasteiger charge is 2.47. The van der Waals surface area contributed by atoms with Crippen LogP contribution >= 0.6 is 0 Å². The smallest absolute Gasteiger partial charge is 0.252 e. The third-order valence-corrected chi connectivity index (χ3v) is 8.16. The number of nitrogens with one attached hydrogen (secondary N) is 3. The van der Waals surface area contributed by atoms with Crippen molar-refractivity contribution in [1.82, 2.24) is 24.8 Å². The number of rotatable bonds is 10. The molecule has 4 aromatic rings. The molecule has 2 unspecified atom stereocenters. The number of aliphatic hydroxyl groups is 3. The van der Waals surface area contributed by atoms with Crippen molar-refractivity contribution in [2.24, 2.45) is 0 Å². The maximum absolute atomic E-state index is 12.5. The Labute approximate surface area is 249 Å². The van der Waals surface area contributed by atoms with Gasteiger partial charge in [-0.2, -0.15) is 9.97 Å². The van der Waals surface area contributed by atoms with Crippen LogP contribution in [0.25, 0.3) is 11.2 Å². The van der Waals surface area contributed by atoms with E-state index in [4.69, 9.17) is 14.7 Å². The second kappa shape index (κ2) is 12.6. The molecule has 1 aliphatic carbocycles. The van der Waals surface area contributed by atoms with Gasteiger partial charge >= 0.3 is 0 Å². The van der Waals surface area contributed by atoms with Gasteiger partial charge in [0.25, 0.3) is 5.91 Å². The first-order chi connectivity index (χ1) is 20.9. The van der Waals surface area contributed by atoms with Gasteiger partial charge in [-0.05, 0) is 37.3 Å². The monoisotopic (exact) mass is 587 g/mol. The average molecular weight is 588 g/mol. The zero-order chi connectivity index (χ0) is 29.9. The minimum absolute atomic E-state index is 0.00433. The van der Waals surface area contributed by atoms with Gasteiger partial charge in [0.1, 0.15) is 12.2 Å². The molecule has 2 fully saturated rings. The van der Waals surface area contributed by atoms with E-state index in [-0.39, 0.29) is 18.1 Å². The van der Waals surface area contributed by atoms with Crippen molar-refractivity contribution in [1.29, 1.82) is 0 Å². The summed E-state index contributed by atoms with van der Waals surface area (Å²) < 4.78 is 7.39. The molecule has 3 heterocycles. The van der Waals surface area contributed by atoms with Gasteiger partial charge in [0.05, 0.1) is 12.4 Å². The van der Waals surface area contributed by atoms with Crippen molar-refractivity contribution >= 4 is 28.8 Å². The van der Waals surface area contributed by atoms with Crippen LogP contribution in [0.3, 0.4) is 0 Å². The number of aromatic nitrogens is 4. The van der Waals surface area contributed by atoms with E-state index in [1.807, 2.05) is 36.4 Å². The Morgan fingerprint density at radius 3 is 2.33 bits per heavy atom. The van der Waals surface area contributed by atoms with E-state index >= 15 is 0 Å². The molecule has 0 spiro atoms. The molecule has 1 aliphatic heterocycles. The van der Waals surface area contributed by atoms with Crippen LogP contribution in [-0.2, 0) is 9.53 Å². The Hall–Kier alpha value is -4.10. The van der Waals surface area contributed by atoms with E-state index in [1.165, 1.54) is 10.9 Å². The van der Waals surface area contributed by atoms with Crippen molar-refractivity contribution < 1.29 is 24.9 Å². The molecule has 0 bridgehead atoms. The Morgan fingerprint density at radius 2 is 1.70 bits per heavy atom. The number of hydrogen-bond donors (Lipinski definition) is 6. The predicted molar refractivity (Wildman–Crippen MR) is 160 cm³/mol. The molecule has 1 saturated carbocycles. The number of anilines is 2. The lowest BCUT2D eigenvalue weighted by Crippen LogP contribution is -2.42. The maximum atomic E-state index is 12.5. The van der Waals surface area contributed by atoms with E-state index in [9.17, 15) is 20.1 Å². The van der Waals surface area contributed by atoms with Crippen molar-refractivity contribution in [2.75, 3.05) is 23.7 Å². The molecule has 2 aliphatic rings. The van der Waals surface area contributed by atoms with Gasteiger partial charge in [0.15, 0.2) is 29.3 Å². The number of imidazole rings is 1. The minimum Gasteiger partial charge on any atom is -0.393 e. The highest BCUT2D eigenvalue weighted by molar-refractivity contribution is 5.85. The second-order valence-electron chi connectivity index (χ2n) is 11.1. The first kappa shape index (κ1) is 29.0. The lowest BCUT2D eigenvalue weighted by molar-refractivity contribution is -0.137. The summed E-state index contributed by atoms with van der Waals surface area (Å²) in [6, 6.07) is 20.4. The number of carbonyl (C=O) groups excluding carboxylic acids is 1. The zero-order valence-electron chi connectivity index (χ0n) is 23.9. The van der Waals surface area contributed by atoms with Gasteiger partial charge in [-0.15, -0.1) is 0 Å². The highest BCUT2D eigenvalue weighted by atomic mass is 16.6. The summed E-state index contributed by atoms with van der Waals surface area (Å²) in [6.45, 7) is 2.63. The summed E-state index contributed by atoms with van der Waals surface area (Å²) >= 11 is 0. The molecule has 12 nitrogen and oxygen atoms in total. The summed E-state index contributed by atoms with van der Waals surface area (Å²) in [5.41, 5.74) is 3.09. The molecular weight excluding hydrogens is 550 g/mol. The number of benzene rings is 2. The largest absolute Gasteiger partial charge is 0.393 e. The van der Waals surface area contributed by atoms with E-state index < -0.39 is 30.4 Å². The maximum Gasteiger partial charge on any atom is 0.252 e. The molecular formula is C31H37N7O5. The number of likely N-dealkylation sites (N-methyl/N-ethyl adjacent to an activating group) is 1. The second-order valence-corrected chi connectivity index (χ2v) is 11.1. The highest BCUT2D eigenvalue weighted by Crippen LogP contribution is 2.34. The number of fused-ring (bicyclic) bond motifs is 1. The summed E-state index contributed by atoms with van der Waals surface area (Å²) in [5.74, 6) is 0.326. The number of amides is 1. The molecule has 6 rings (SSSR count). The van der Waals surface area contributed by atoms with Crippen LogP contribution in [0.1, 0.15) is 49.5 Å². The molecule has 1 amide bonds. The molecule has 1 saturated heterocycles. The summed E-state index contributed by atoms with van der Waals surface area (Å²) in [7, 11) is 0. The van der Waals surface area contributed by atoms with E-state index in [0.29, 0.717) is 48.9 Å². The van der Waals surface area contributed by atoms with Crippen molar-refractivity contribution in [3.05, 3.63) is 78.1 Å². The first-order valence-electron chi connectivity index (χ1n) is 14.7. The van der Waals surface area contributed by atoms with E-state index in [0.717, 1.165) is 17.5 Å². The number of hydrogen-bond acceptors (Lipinski definition) is 10. The van der Waals surface area contributed by atoms with Crippen molar-refractivity contribution in [3.63, 3.8) is 0 Å². The normalized spacial score (nSPS) is 25.3. The molecule has 2 aromatic carbocycles. The van der Waals surface area contributed by atoms with Gasteiger partial charge in [-0.1, -0.05) is 60.7 Å². The minimum atomic E-state index is -1.43. The summed E-state index contributed by atoms with van der Waals surface area (Å²) in [4.78, 5) is 26.6. The van der Waals surface area contributed by atoms with E-state index in [1.54, 1.807) is 6.92 Å². The SMILES string of the molecule is CCNC(=O)[C@H]1O[C@@H](n2cnc3c(NCC(c4ccccc4)c4ccccc4)nc(NC4CCC(O)C4)nc32)[C@H](O)[C@@H]1O. The molecule has 43 heavy (non-hydrogen) atoms. The fourth-order valence-corrected chi connectivity index (χ4v) is 5.94. The van der Waals surface area contributed by atoms with Crippen LogP contribution in [0.15, 0.2) is 67.0 Å². The van der Waals surface area contributed by atoms with Crippen LogP contribution in [0.5, 0.6) is 0 Å². The van der Waals surface area contributed by atoms with Gasteiger partial charge in [-0.25, -0.2) is 4.98 Å². The van der Waals surface area contributed by atoms with Gasteiger partial charge < -0.3 is 36.0 Å². The van der Waals surface area contributed by atoms with E-state index in [2.05, 4.69) is 45.2 Å². The van der Waals surface area contributed by atoms with Crippen molar-refractivity contribution in [2.45, 2.75) is 68.8 Å². The molecule has 6 N–H and O–H groups in total. The Kier molecular flexibility index (Phi) is 8.52. The number of nitrogens with zero attached hydrogens (tertiary/aromatic N) is 4. The van der Waals surface area contributed by atoms with Crippen LogP contribution in [0.2, 0.25) is 0 Å². The fourth-order valence-electron chi connectivity index (χ4n) is 5.94. The lowest BCUT2D eigenvalue weighted by Gasteiger charge is -2.20. The molecule has 0 radical (unpaired) electrons. The van der Waals surface area contributed by atoms with Crippen LogP contribution < -0.4 is 16.0 Å². The zero-order valence-corrected chi connectivity index (χ0v) is 23.9. The van der Waals surface area contributed by atoms with Gasteiger partial charge in [-0.3, -0.25) is 9.36 Å². The standard InChI is InChI=1S/C31H37N7O5/c1-2-32-29(42)26-24(40)25(41)30(43-26)38-17-34-23-27(36-31(37-28(23)38)35-20-13-14-21(39)15-20)33-16-22(18-9-5-3-6-10-18)19-11-7-4-8-12-19/h3-12,17,20-22,24-26,30,39-41H,2,13-16H2,1H3,(H,32,42)(H2,33,35,36,37)/t20?,21?,24-,25+,26-,30+/m0/s1. The predicted octanol–water partition coefficient (Wildman–Crippen LogP) is 2.15. The van der Waals surface area contributed by atoms with Gasteiger partial charge in [0.2, 0.25) is 5.95 Å². The van der Waals surface area contributed by atoms with Gasteiger partial charge in [0, 0.05) is 25.0 Å². The fraction of sp³-hybridized carbons (Fsp3) is 0.419. The quantitative estimate of drug-likeness (QED) is 0.162. The molecule has 6 atom stereocenters. The average Bonchev–Trinajstić information content (AvgIpc) is 3.71. The summed E-state index contributed by atoms with van der Waals surface area (Å²) in [5, 5.41) is 41.1. The third kappa shape index (κ3) is 6.04. The molecule has 12 heteroatoms. The Balaban J connectivity index is 1.35. The topological polar surface area (TPSA) is 167 Å².